The zero-order valence-electron chi connectivity index (χ0n) is 8.64. The van der Waals surface area contributed by atoms with Crippen LogP contribution in [-0.4, -0.2) is 37.6 Å². The largest absolute Gasteiger partial charge is 0.317 e. The Morgan fingerprint density at radius 3 is 2.75 bits per heavy atom. The molecule has 72 valence electrons. The van der Waals surface area contributed by atoms with E-state index in [4.69, 9.17) is 0 Å². The maximum absolute atomic E-state index is 3.72. The van der Waals surface area contributed by atoms with E-state index in [1.54, 1.807) is 0 Å². The van der Waals surface area contributed by atoms with E-state index in [0.29, 0.717) is 6.04 Å². The summed E-state index contributed by atoms with van der Waals surface area (Å²) >= 11 is 0. The van der Waals surface area contributed by atoms with Crippen molar-refractivity contribution in [3.63, 3.8) is 0 Å². The first-order valence-corrected chi connectivity index (χ1v) is 4.74. The number of likely N-dealkylation sites (N-methyl/N-ethyl adjacent to an activating group) is 1. The van der Waals surface area contributed by atoms with Crippen LogP contribution in [-0.2, 0) is 0 Å². The van der Waals surface area contributed by atoms with E-state index in [0.717, 1.165) is 19.6 Å². The minimum atomic E-state index is 0.641. The maximum Gasteiger partial charge on any atom is 0.0160 e. The van der Waals surface area contributed by atoms with Gasteiger partial charge in [0.2, 0.25) is 0 Å². The molecule has 0 aliphatic carbocycles. The van der Waals surface area contributed by atoms with Gasteiger partial charge in [0.25, 0.3) is 0 Å². The first kappa shape index (κ1) is 11.7. The maximum atomic E-state index is 3.72. The van der Waals surface area contributed by atoms with E-state index in [-0.39, 0.29) is 0 Å². The van der Waals surface area contributed by atoms with Crippen LogP contribution >= 0.6 is 0 Å². The molecule has 2 heteroatoms. The van der Waals surface area contributed by atoms with Gasteiger partial charge in [-0.05, 0) is 33.5 Å². The van der Waals surface area contributed by atoms with Crippen LogP contribution < -0.4 is 5.32 Å². The molecule has 0 saturated heterocycles. The molecule has 0 fully saturated rings. The van der Waals surface area contributed by atoms with Crippen molar-refractivity contribution >= 4 is 0 Å². The molecule has 0 aliphatic rings. The summed E-state index contributed by atoms with van der Waals surface area (Å²) < 4.78 is 0. The fraction of sp³-hybridized carbons (Fsp3) is 0.800. The molecule has 2 nitrogen and oxygen atoms in total. The van der Waals surface area contributed by atoms with Gasteiger partial charge in [-0.25, -0.2) is 0 Å². The highest BCUT2D eigenvalue weighted by Gasteiger charge is 2.05. The number of hydrogen-bond donors (Lipinski definition) is 1. The molecule has 1 unspecified atom stereocenters. The Morgan fingerprint density at radius 1 is 1.58 bits per heavy atom. The molecule has 12 heavy (non-hydrogen) atoms. The zero-order chi connectivity index (χ0) is 9.40. The summed E-state index contributed by atoms with van der Waals surface area (Å²) in [7, 11) is 2.14. The first-order chi connectivity index (χ1) is 5.72. The van der Waals surface area contributed by atoms with Gasteiger partial charge < -0.3 is 10.2 Å². The summed E-state index contributed by atoms with van der Waals surface area (Å²) in [6.07, 6.45) is 3.15. The molecule has 0 saturated carbocycles. The smallest absolute Gasteiger partial charge is 0.0160 e. The molecule has 0 radical (unpaired) electrons. The average Bonchev–Trinajstić information content (AvgIpc) is 2.05. The Balaban J connectivity index is 3.41. The molecule has 1 atom stereocenters. The van der Waals surface area contributed by atoms with Gasteiger partial charge in [0.05, 0.1) is 0 Å². The second-order valence-corrected chi connectivity index (χ2v) is 3.22. The molecule has 0 aliphatic heterocycles. The lowest BCUT2D eigenvalue weighted by Gasteiger charge is -2.23. The van der Waals surface area contributed by atoms with Crippen molar-refractivity contribution in [1.82, 2.24) is 10.2 Å². The van der Waals surface area contributed by atoms with Crippen LogP contribution in [0.25, 0.3) is 0 Å². The Morgan fingerprint density at radius 2 is 2.25 bits per heavy atom. The quantitative estimate of drug-likeness (QED) is 0.460. The van der Waals surface area contributed by atoms with Crippen LogP contribution in [0.15, 0.2) is 12.7 Å². The number of rotatable bonds is 7. The van der Waals surface area contributed by atoms with Crippen LogP contribution in [0.1, 0.15) is 20.3 Å². The molecule has 0 bridgehead atoms. The zero-order valence-corrected chi connectivity index (χ0v) is 8.64. The SMILES string of the molecule is C=CCN(C)C(C)CCNCC. The number of hydrogen-bond acceptors (Lipinski definition) is 2. The van der Waals surface area contributed by atoms with E-state index in [1.807, 2.05) is 6.08 Å². The Kier molecular flexibility index (Phi) is 7.11. The summed E-state index contributed by atoms with van der Waals surface area (Å²) in [4.78, 5) is 2.31. The second kappa shape index (κ2) is 7.32. The Hall–Kier alpha value is -0.340. The second-order valence-electron chi connectivity index (χ2n) is 3.22. The molecular formula is C10H22N2. The highest BCUT2D eigenvalue weighted by Crippen LogP contribution is 1.99. The third kappa shape index (κ3) is 5.33. The third-order valence-corrected chi connectivity index (χ3v) is 2.16. The van der Waals surface area contributed by atoms with Gasteiger partial charge in [-0.2, -0.15) is 0 Å². The normalized spacial score (nSPS) is 13.3. The van der Waals surface area contributed by atoms with Gasteiger partial charge in [0.1, 0.15) is 0 Å². The molecule has 0 spiro atoms. The average molecular weight is 170 g/mol. The lowest BCUT2D eigenvalue weighted by molar-refractivity contribution is 0.269. The summed E-state index contributed by atoms with van der Waals surface area (Å²) in [5.74, 6) is 0. The van der Waals surface area contributed by atoms with Crippen molar-refractivity contribution < 1.29 is 0 Å². The first-order valence-electron chi connectivity index (χ1n) is 4.74. The van der Waals surface area contributed by atoms with Gasteiger partial charge in [-0.3, -0.25) is 0 Å². The van der Waals surface area contributed by atoms with E-state index >= 15 is 0 Å². The van der Waals surface area contributed by atoms with Crippen LogP contribution in [0.2, 0.25) is 0 Å². The molecule has 0 aromatic rings. The van der Waals surface area contributed by atoms with Crippen molar-refractivity contribution in [2.75, 3.05) is 26.7 Å². The molecule has 1 N–H and O–H groups in total. The Bertz CT molecular complexity index is 112. The van der Waals surface area contributed by atoms with Crippen molar-refractivity contribution in [3.8, 4) is 0 Å². The van der Waals surface area contributed by atoms with Gasteiger partial charge in [-0.15, -0.1) is 6.58 Å². The number of nitrogens with zero attached hydrogens (tertiary/aromatic N) is 1. The predicted octanol–water partition coefficient (Wildman–Crippen LogP) is 1.49. The summed E-state index contributed by atoms with van der Waals surface area (Å²) in [6, 6.07) is 0.641. The van der Waals surface area contributed by atoms with E-state index < -0.39 is 0 Å². The van der Waals surface area contributed by atoms with E-state index in [9.17, 15) is 0 Å². The summed E-state index contributed by atoms with van der Waals surface area (Å²) in [6.45, 7) is 11.3. The van der Waals surface area contributed by atoms with E-state index in [1.165, 1.54) is 6.42 Å². The third-order valence-electron chi connectivity index (χ3n) is 2.16. The molecule has 0 aromatic carbocycles. The van der Waals surface area contributed by atoms with Gasteiger partial charge in [0.15, 0.2) is 0 Å². The number of nitrogens with one attached hydrogen (secondary N) is 1. The fourth-order valence-electron chi connectivity index (χ4n) is 1.09. The monoisotopic (exact) mass is 170 g/mol. The van der Waals surface area contributed by atoms with Gasteiger partial charge in [-0.1, -0.05) is 13.0 Å². The van der Waals surface area contributed by atoms with Crippen LogP contribution in [0, 0.1) is 0 Å². The predicted molar refractivity (Wildman–Crippen MR) is 55.4 cm³/mol. The minimum absolute atomic E-state index is 0.641. The summed E-state index contributed by atoms with van der Waals surface area (Å²) in [5.41, 5.74) is 0. The lowest BCUT2D eigenvalue weighted by Crippen LogP contribution is -2.32. The van der Waals surface area contributed by atoms with Gasteiger partial charge >= 0.3 is 0 Å². The van der Waals surface area contributed by atoms with Crippen LogP contribution in [0.3, 0.4) is 0 Å². The van der Waals surface area contributed by atoms with E-state index in [2.05, 4.69) is 37.7 Å². The highest BCUT2D eigenvalue weighted by molar-refractivity contribution is 4.75. The van der Waals surface area contributed by atoms with Crippen molar-refractivity contribution in [2.24, 2.45) is 0 Å². The minimum Gasteiger partial charge on any atom is -0.317 e. The topological polar surface area (TPSA) is 15.3 Å². The van der Waals surface area contributed by atoms with Crippen molar-refractivity contribution in [3.05, 3.63) is 12.7 Å². The molecule has 0 heterocycles. The molecule has 0 aromatic heterocycles. The van der Waals surface area contributed by atoms with Crippen molar-refractivity contribution in [2.45, 2.75) is 26.3 Å². The lowest BCUT2D eigenvalue weighted by atomic mass is 10.2. The van der Waals surface area contributed by atoms with Crippen molar-refractivity contribution in [1.29, 1.82) is 0 Å². The summed E-state index contributed by atoms with van der Waals surface area (Å²) in [5, 5.41) is 3.32. The highest BCUT2D eigenvalue weighted by atomic mass is 15.1. The molecule has 0 rings (SSSR count). The van der Waals surface area contributed by atoms with Crippen LogP contribution in [0.5, 0.6) is 0 Å². The molecule has 0 amide bonds. The Labute approximate surface area is 76.6 Å². The molecular weight excluding hydrogens is 148 g/mol. The fourth-order valence-corrected chi connectivity index (χ4v) is 1.09. The van der Waals surface area contributed by atoms with Crippen LogP contribution in [0.4, 0.5) is 0 Å². The standard InChI is InChI=1S/C10H22N2/c1-5-9-12(4)10(3)7-8-11-6-2/h5,10-11H,1,6-9H2,2-4H3. The van der Waals surface area contributed by atoms with Gasteiger partial charge in [0, 0.05) is 12.6 Å².